The summed E-state index contributed by atoms with van der Waals surface area (Å²) in [5, 5.41) is 0. The number of nitrogens with two attached hydrogens (primary N) is 2. The van der Waals surface area contributed by atoms with Crippen molar-refractivity contribution in [3.8, 4) is 0 Å². The molecule has 2 rings (SSSR count). The molecule has 4 N–H and O–H groups in total. The quantitative estimate of drug-likeness (QED) is 0.827. The van der Waals surface area contributed by atoms with Crippen LogP contribution in [0.3, 0.4) is 0 Å². The summed E-state index contributed by atoms with van der Waals surface area (Å²) in [5.74, 6) is -0.516. The van der Waals surface area contributed by atoms with Crippen LogP contribution in [-0.4, -0.2) is 10.5 Å². The Morgan fingerprint density at radius 1 is 1.37 bits per heavy atom. The molecular weight excluding hydrogens is 262 g/mol. The van der Waals surface area contributed by atoms with Crippen LogP contribution in [0.2, 0.25) is 0 Å². The maximum Gasteiger partial charge on any atom is 0.307 e. The van der Waals surface area contributed by atoms with E-state index >= 15 is 0 Å². The van der Waals surface area contributed by atoms with Gasteiger partial charge in [-0.1, -0.05) is 17.4 Å². The van der Waals surface area contributed by atoms with Crippen molar-refractivity contribution < 1.29 is 4.79 Å². The lowest BCUT2D eigenvalue weighted by Crippen LogP contribution is -2.17. The highest BCUT2D eigenvalue weighted by Gasteiger charge is 2.10. The van der Waals surface area contributed by atoms with Crippen LogP contribution >= 0.6 is 11.3 Å². The fourth-order valence-corrected chi connectivity index (χ4v) is 2.66. The molecule has 1 heterocycles. The molecule has 0 saturated heterocycles. The summed E-state index contributed by atoms with van der Waals surface area (Å²) in [6, 6.07) is 4.89. The van der Waals surface area contributed by atoms with Crippen molar-refractivity contribution in [2.24, 2.45) is 5.73 Å². The zero-order chi connectivity index (χ0) is 14.2. The third-order valence-electron chi connectivity index (χ3n) is 3.13. The van der Waals surface area contributed by atoms with Crippen molar-refractivity contribution in [2.75, 3.05) is 5.73 Å². The first-order valence-electron chi connectivity index (χ1n) is 5.75. The number of thiazole rings is 1. The maximum absolute atomic E-state index is 11.8. The van der Waals surface area contributed by atoms with Gasteiger partial charge in [-0.15, -0.1) is 0 Å². The minimum atomic E-state index is -0.516. The van der Waals surface area contributed by atoms with Crippen molar-refractivity contribution in [1.82, 2.24) is 4.57 Å². The van der Waals surface area contributed by atoms with Gasteiger partial charge in [0.05, 0.1) is 6.54 Å². The number of nitrogen functional groups attached to an aromatic ring is 1. The molecule has 0 unspecified atom stereocenters. The standard InChI is InChI=1S/C13H15N3O2S/c1-7-8(2)19-13(18)16(7)6-10-4-3-9(12(15)17)5-11(10)14/h3-5H,6,14H2,1-2H3,(H2,15,17). The Morgan fingerprint density at radius 2 is 2.05 bits per heavy atom. The minimum absolute atomic E-state index is 0.00613. The van der Waals surface area contributed by atoms with E-state index in [0.29, 0.717) is 17.8 Å². The molecule has 0 aliphatic carbocycles. The van der Waals surface area contributed by atoms with Crippen LogP contribution in [0.15, 0.2) is 23.0 Å². The van der Waals surface area contributed by atoms with Gasteiger partial charge in [-0.2, -0.15) is 0 Å². The lowest BCUT2D eigenvalue weighted by molar-refractivity contribution is 0.100. The van der Waals surface area contributed by atoms with Crippen molar-refractivity contribution in [1.29, 1.82) is 0 Å². The number of aryl methyl sites for hydroxylation is 1. The molecule has 1 aromatic heterocycles. The highest BCUT2D eigenvalue weighted by molar-refractivity contribution is 7.09. The second-order valence-electron chi connectivity index (χ2n) is 4.37. The predicted octanol–water partition coefficient (Wildman–Crippen LogP) is 1.26. The number of primary amides is 1. The summed E-state index contributed by atoms with van der Waals surface area (Å²) < 4.78 is 1.68. The van der Waals surface area contributed by atoms with E-state index in [2.05, 4.69) is 0 Å². The van der Waals surface area contributed by atoms with Gasteiger partial charge in [0.15, 0.2) is 0 Å². The van der Waals surface area contributed by atoms with E-state index in [4.69, 9.17) is 11.5 Å². The van der Waals surface area contributed by atoms with Gasteiger partial charge in [0.2, 0.25) is 5.91 Å². The molecule has 0 atom stereocenters. The van der Waals surface area contributed by atoms with Crippen molar-refractivity contribution in [3.63, 3.8) is 0 Å². The van der Waals surface area contributed by atoms with E-state index in [1.54, 1.807) is 16.7 Å². The number of rotatable bonds is 3. The maximum atomic E-state index is 11.8. The molecule has 0 radical (unpaired) electrons. The predicted molar refractivity (Wildman–Crippen MR) is 76.5 cm³/mol. The zero-order valence-corrected chi connectivity index (χ0v) is 11.6. The summed E-state index contributed by atoms with van der Waals surface area (Å²) in [5.41, 5.74) is 13.7. The molecule has 19 heavy (non-hydrogen) atoms. The Morgan fingerprint density at radius 3 is 2.53 bits per heavy atom. The van der Waals surface area contributed by atoms with Gasteiger partial charge in [0.1, 0.15) is 0 Å². The van der Waals surface area contributed by atoms with E-state index in [1.807, 2.05) is 13.8 Å². The number of hydrogen-bond acceptors (Lipinski definition) is 4. The number of anilines is 1. The fraction of sp³-hybridized carbons (Fsp3) is 0.231. The van der Waals surface area contributed by atoms with Gasteiger partial charge < -0.3 is 11.5 Å². The van der Waals surface area contributed by atoms with Crippen LogP contribution in [0.25, 0.3) is 0 Å². The zero-order valence-electron chi connectivity index (χ0n) is 10.8. The van der Waals surface area contributed by atoms with Gasteiger partial charge in [-0.3, -0.25) is 14.2 Å². The Labute approximate surface area is 114 Å². The molecule has 0 aliphatic heterocycles. The summed E-state index contributed by atoms with van der Waals surface area (Å²) in [6.07, 6.45) is 0. The average Bonchev–Trinajstić information content (AvgIpc) is 2.58. The number of nitrogens with zero attached hydrogens (tertiary/aromatic N) is 1. The molecule has 0 spiro atoms. The Kier molecular flexibility index (Phi) is 3.44. The Hall–Kier alpha value is -2.08. The van der Waals surface area contributed by atoms with Gasteiger partial charge in [0.25, 0.3) is 0 Å². The molecule has 1 amide bonds. The highest BCUT2D eigenvalue weighted by atomic mass is 32.1. The lowest BCUT2D eigenvalue weighted by Gasteiger charge is -2.09. The molecule has 1 aromatic carbocycles. The highest BCUT2D eigenvalue weighted by Crippen LogP contribution is 2.17. The van der Waals surface area contributed by atoms with Gasteiger partial charge in [0, 0.05) is 21.8 Å². The number of hydrogen-bond donors (Lipinski definition) is 2. The SMILES string of the molecule is Cc1sc(=O)n(Cc2ccc(C(N)=O)cc2N)c1C. The number of benzene rings is 1. The van der Waals surface area contributed by atoms with Crippen LogP contribution < -0.4 is 16.3 Å². The number of carbonyl (C=O) groups is 1. The number of carbonyl (C=O) groups excluding carboxylic acids is 1. The van der Waals surface area contributed by atoms with Crippen molar-refractivity contribution in [3.05, 3.63) is 49.6 Å². The normalized spacial score (nSPS) is 10.6. The van der Waals surface area contributed by atoms with Crippen molar-refractivity contribution in [2.45, 2.75) is 20.4 Å². The first kappa shape index (κ1) is 13.4. The van der Waals surface area contributed by atoms with Gasteiger partial charge in [-0.25, -0.2) is 0 Å². The Balaban J connectivity index is 2.39. The second-order valence-corrected chi connectivity index (χ2v) is 5.54. The molecule has 6 heteroatoms. The first-order chi connectivity index (χ1) is 8.90. The smallest absolute Gasteiger partial charge is 0.307 e. The average molecular weight is 277 g/mol. The first-order valence-corrected chi connectivity index (χ1v) is 6.57. The fourth-order valence-electron chi connectivity index (χ4n) is 1.83. The van der Waals surface area contributed by atoms with E-state index in [1.165, 1.54) is 17.4 Å². The van der Waals surface area contributed by atoms with Crippen LogP contribution in [0.1, 0.15) is 26.5 Å². The molecular formula is C13H15N3O2S. The molecule has 100 valence electrons. The lowest BCUT2D eigenvalue weighted by atomic mass is 10.1. The van der Waals surface area contributed by atoms with E-state index in [-0.39, 0.29) is 4.87 Å². The molecule has 5 nitrogen and oxygen atoms in total. The third-order valence-corrected chi connectivity index (χ3v) is 4.13. The molecule has 0 fully saturated rings. The largest absolute Gasteiger partial charge is 0.398 e. The van der Waals surface area contributed by atoms with Gasteiger partial charge >= 0.3 is 4.87 Å². The van der Waals surface area contributed by atoms with Gasteiger partial charge in [-0.05, 0) is 31.5 Å². The molecule has 0 aliphatic rings. The topological polar surface area (TPSA) is 91.1 Å². The molecule has 0 bridgehead atoms. The number of aromatic nitrogens is 1. The third kappa shape index (κ3) is 2.53. The van der Waals surface area contributed by atoms with Crippen LogP contribution in [0, 0.1) is 13.8 Å². The van der Waals surface area contributed by atoms with Crippen molar-refractivity contribution >= 4 is 22.9 Å². The van der Waals surface area contributed by atoms with E-state index < -0.39 is 5.91 Å². The van der Waals surface area contributed by atoms with E-state index in [0.717, 1.165) is 16.1 Å². The summed E-state index contributed by atoms with van der Waals surface area (Å²) in [7, 11) is 0. The van der Waals surface area contributed by atoms with Crippen LogP contribution in [0.4, 0.5) is 5.69 Å². The monoisotopic (exact) mass is 277 g/mol. The minimum Gasteiger partial charge on any atom is -0.398 e. The van der Waals surface area contributed by atoms with Crippen LogP contribution in [-0.2, 0) is 6.54 Å². The number of amides is 1. The molecule has 2 aromatic rings. The summed E-state index contributed by atoms with van der Waals surface area (Å²) >= 11 is 1.22. The van der Waals surface area contributed by atoms with Crippen LogP contribution in [0.5, 0.6) is 0 Å². The second kappa shape index (κ2) is 4.89. The van der Waals surface area contributed by atoms with E-state index in [9.17, 15) is 9.59 Å². The summed E-state index contributed by atoms with van der Waals surface area (Å²) in [4.78, 5) is 23.9. The Bertz CT molecular complexity index is 700. The molecule has 0 saturated carbocycles. The summed E-state index contributed by atoms with van der Waals surface area (Å²) in [6.45, 7) is 4.22.